The predicted octanol–water partition coefficient (Wildman–Crippen LogP) is 1.61. The van der Waals surface area contributed by atoms with Crippen molar-refractivity contribution in [1.82, 2.24) is 5.32 Å². The summed E-state index contributed by atoms with van der Waals surface area (Å²) in [6.07, 6.45) is 6.17. The van der Waals surface area contributed by atoms with Gasteiger partial charge in [-0.25, -0.2) is 0 Å². The normalized spacial score (nSPS) is 37.2. The first-order chi connectivity index (χ1) is 8.70. The zero-order valence-electron chi connectivity index (χ0n) is 11.2. The lowest BCUT2D eigenvalue weighted by Gasteiger charge is -2.33. The smallest absolute Gasteiger partial charge is 0.225 e. The van der Waals surface area contributed by atoms with Gasteiger partial charge in [-0.15, -0.1) is 0 Å². The molecular formula is C14H25NO3. The summed E-state index contributed by atoms with van der Waals surface area (Å²) in [6, 6.07) is 0.250. The van der Waals surface area contributed by atoms with Gasteiger partial charge in [0.2, 0.25) is 5.91 Å². The van der Waals surface area contributed by atoms with E-state index in [4.69, 9.17) is 4.74 Å². The van der Waals surface area contributed by atoms with E-state index in [1.165, 1.54) is 0 Å². The summed E-state index contributed by atoms with van der Waals surface area (Å²) >= 11 is 0. The Hall–Kier alpha value is -0.610. The summed E-state index contributed by atoms with van der Waals surface area (Å²) < 4.78 is 5.67. The van der Waals surface area contributed by atoms with Crippen LogP contribution in [-0.2, 0) is 9.53 Å². The summed E-state index contributed by atoms with van der Waals surface area (Å²) in [7, 11) is 0. The van der Waals surface area contributed by atoms with Crippen LogP contribution in [0.15, 0.2) is 0 Å². The van der Waals surface area contributed by atoms with Crippen LogP contribution in [0.3, 0.4) is 0 Å². The minimum absolute atomic E-state index is 0.0237. The van der Waals surface area contributed by atoms with Crippen LogP contribution in [0.2, 0.25) is 0 Å². The largest absolute Gasteiger partial charge is 0.393 e. The Bertz CT molecular complexity index is 274. The van der Waals surface area contributed by atoms with Crippen LogP contribution in [0.1, 0.15) is 51.9 Å². The highest BCUT2D eigenvalue weighted by atomic mass is 16.5. The third-order valence-electron chi connectivity index (χ3n) is 4.22. The monoisotopic (exact) mass is 255 g/mol. The first kappa shape index (κ1) is 13.8. The van der Waals surface area contributed by atoms with Gasteiger partial charge in [0.15, 0.2) is 0 Å². The molecule has 2 N–H and O–H groups in total. The van der Waals surface area contributed by atoms with E-state index in [0.717, 1.165) is 51.6 Å². The fraction of sp³-hybridized carbons (Fsp3) is 0.929. The van der Waals surface area contributed by atoms with Gasteiger partial charge in [-0.2, -0.15) is 0 Å². The van der Waals surface area contributed by atoms with Crippen LogP contribution in [0, 0.1) is 5.92 Å². The first-order valence-electron chi connectivity index (χ1n) is 7.30. The number of hydrogen-bond donors (Lipinski definition) is 2. The van der Waals surface area contributed by atoms with Gasteiger partial charge in [-0.1, -0.05) is 6.92 Å². The molecule has 1 aliphatic carbocycles. The molecule has 0 radical (unpaired) electrons. The lowest BCUT2D eigenvalue weighted by molar-refractivity contribution is -0.135. The fourth-order valence-corrected chi connectivity index (χ4v) is 3.07. The van der Waals surface area contributed by atoms with E-state index in [9.17, 15) is 9.90 Å². The molecule has 1 heterocycles. The third-order valence-corrected chi connectivity index (χ3v) is 4.22. The molecule has 1 saturated heterocycles. The maximum atomic E-state index is 12.3. The molecule has 18 heavy (non-hydrogen) atoms. The molecular weight excluding hydrogens is 230 g/mol. The molecule has 2 aliphatic rings. The van der Waals surface area contributed by atoms with E-state index in [0.29, 0.717) is 0 Å². The number of nitrogens with one attached hydrogen (secondary N) is 1. The molecule has 4 heteroatoms. The van der Waals surface area contributed by atoms with Crippen LogP contribution in [0.25, 0.3) is 0 Å². The van der Waals surface area contributed by atoms with Gasteiger partial charge in [0.25, 0.3) is 0 Å². The van der Waals surface area contributed by atoms with Crippen molar-refractivity contribution in [2.24, 2.45) is 5.92 Å². The Morgan fingerprint density at radius 1 is 1.28 bits per heavy atom. The molecule has 0 aromatic heterocycles. The Balaban J connectivity index is 1.82. The Morgan fingerprint density at radius 2 is 2.00 bits per heavy atom. The van der Waals surface area contributed by atoms with Crippen molar-refractivity contribution < 1.29 is 14.6 Å². The highest BCUT2D eigenvalue weighted by Crippen LogP contribution is 2.25. The van der Waals surface area contributed by atoms with Gasteiger partial charge in [-0.05, 0) is 44.9 Å². The average Bonchev–Trinajstić information content (AvgIpc) is 2.41. The minimum atomic E-state index is -0.167. The quantitative estimate of drug-likeness (QED) is 0.805. The Kier molecular flexibility index (Phi) is 5.01. The molecule has 2 atom stereocenters. The van der Waals surface area contributed by atoms with Crippen molar-refractivity contribution >= 4 is 5.91 Å². The molecule has 2 rings (SSSR count). The van der Waals surface area contributed by atoms with E-state index >= 15 is 0 Å². The molecule has 0 unspecified atom stereocenters. The van der Waals surface area contributed by atoms with Gasteiger partial charge >= 0.3 is 0 Å². The van der Waals surface area contributed by atoms with E-state index in [1.54, 1.807) is 0 Å². The van der Waals surface area contributed by atoms with Crippen LogP contribution < -0.4 is 5.32 Å². The molecule has 2 fully saturated rings. The van der Waals surface area contributed by atoms with Crippen molar-refractivity contribution in [2.45, 2.75) is 70.1 Å². The lowest BCUT2D eigenvalue weighted by Crippen LogP contribution is -2.46. The summed E-state index contributed by atoms with van der Waals surface area (Å²) in [5.74, 6) is 0.179. The number of carbonyl (C=O) groups excluding carboxylic acids is 1. The maximum Gasteiger partial charge on any atom is 0.225 e. The van der Waals surface area contributed by atoms with E-state index < -0.39 is 0 Å². The molecule has 0 aromatic carbocycles. The average molecular weight is 255 g/mol. The van der Waals surface area contributed by atoms with E-state index in [1.807, 2.05) is 0 Å². The zero-order valence-corrected chi connectivity index (χ0v) is 11.2. The van der Waals surface area contributed by atoms with Crippen LogP contribution in [0.4, 0.5) is 0 Å². The Labute approximate surface area is 109 Å². The molecule has 1 saturated carbocycles. The predicted molar refractivity (Wildman–Crippen MR) is 69.2 cm³/mol. The number of ether oxygens (including phenoxy) is 1. The molecule has 0 bridgehead atoms. The molecule has 1 amide bonds. The van der Waals surface area contributed by atoms with Crippen LogP contribution in [0.5, 0.6) is 0 Å². The number of hydrogen-bond acceptors (Lipinski definition) is 3. The van der Waals surface area contributed by atoms with Gasteiger partial charge in [0.1, 0.15) is 0 Å². The second kappa shape index (κ2) is 6.53. The fourth-order valence-electron chi connectivity index (χ4n) is 3.07. The number of amides is 1. The minimum Gasteiger partial charge on any atom is -0.393 e. The first-order valence-corrected chi connectivity index (χ1v) is 7.30. The molecule has 1 aliphatic heterocycles. The molecule has 0 spiro atoms. The number of carbonyl (C=O) groups is 1. The highest BCUT2D eigenvalue weighted by molar-refractivity contribution is 5.79. The zero-order chi connectivity index (χ0) is 13.0. The van der Waals surface area contributed by atoms with Gasteiger partial charge in [0.05, 0.1) is 18.1 Å². The van der Waals surface area contributed by atoms with Crippen molar-refractivity contribution in [1.29, 1.82) is 0 Å². The SMILES string of the molecule is CC[C@@H]1OCCC[C@@H]1C(=O)NC1CCC(O)CC1. The number of rotatable bonds is 3. The molecule has 104 valence electrons. The maximum absolute atomic E-state index is 12.3. The summed E-state index contributed by atoms with van der Waals surface area (Å²) in [5.41, 5.74) is 0. The number of aliphatic hydroxyl groups is 1. The summed E-state index contributed by atoms with van der Waals surface area (Å²) in [6.45, 7) is 2.87. The van der Waals surface area contributed by atoms with Crippen molar-refractivity contribution in [3.63, 3.8) is 0 Å². The second-order valence-corrected chi connectivity index (χ2v) is 5.58. The van der Waals surface area contributed by atoms with Crippen LogP contribution in [-0.4, -0.2) is 35.9 Å². The van der Waals surface area contributed by atoms with Crippen LogP contribution >= 0.6 is 0 Å². The van der Waals surface area contributed by atoms with Gasteiger partial charge < -0.3 is 15.2 Å². The topological polar surface area (TPSA) is 58.6 Å². The van der Waals surface area contributed by atoms with Crippen molar-refractivity contribution in [3.8, 4) is 0 Å². The Morgan fingerprint density at radius 3 is 2.67 bits per heavy atom. The van der Waals surface area contributed by atoms with Crippen molar-refractivity contribution in [3.05, 3.63) is 0 Å². The molecule has 4 nitrogen and oxygen atoms in total. The van der Waals surface area contributed by atoms with E-state index in [2.05, 4.69) is 12.2 Å². The van der Waals surface area contributed by atoms with Gasteiger partial charge in [-0.3, -0.25) is 4.79 Å². The van der Waals surface area contributed by atoms with E-state index in [-0.39, 0.29) is 30.1 Å². The summed E-state index contributed by atoms with van der Waals surface area (Å²) in [4.78, 5) is 12.3. The van der Waals surface area contributed by atoms with Gasteiger partial charge in [0, 0.05) is 12.6 Å². The highest BCUT2D eigenvalue weighted by Gasteiger charge is 2.32. The van der Waals surface area contributed by atoms with Crippen molar-refractivity contribution in [2.75, 3.05) is 6.61 Å². The summed E-state index contributed by atoms with van der Waals surface area (Å²) in [5, 5.41) is 12.6. The molecule has 0 aromatic rings. The lowest BCUT2D eigenvalue weighted by atomic mass is 9.89. The third kappa shape index (κ3) is 3.45. The number of aliphatic hydroxyl groups excluding tert-OH is 1. The second-order valence-electron chi connectivity index (χ2n) is 5.58. The standard InChI is InChI=1S/C14H25NO3/c1-2-13-12(4-3-9-18-13)14(17)15-10-5-7-11(16)8-6-10/h10-13,16H,2-9H2,1H3,(H,15,17)/t10?,11?,12-,13-/m0/s1.